The van der Waals surface area contributed by atoms with Gasteiger partial charge in [0.1, 0.15) is 25.8 Å². The van der Waals surface area contributed by atoms with Crippen molar-refractivity contribution in [1.29, 1.82) is 0 Å². The fraction of sp³-hybridized carbons (Fsp3) is 0.750. The van der Waals surface area contributed by atoms with E-state index in [4.69, 9.17) is 71.8 Å². The Morgan fingerprint density at radius 3 is 0.908 bits per heavy atom. The molecule has 0 spiro atoms. The van der Waals surface area contributed by atoms with Crippen LogP contribution in [0.3, 0.4) is 0 Å². The van der Waals surface area contributed by atoms with Crippen LogP contribution in [0.5, 0.6) is 0 Å². The maximum atomic E-state index is 13.8. The van der Waals surface area contributed by atoms with E-state index in [1.807, 2.05) is 0 Å². The van der Waals surface area contributed by atoms with Gasteiger partial charge in [0, 0.05) is 39.3 Å². The predicted octanol–water partition coefficient (Wildman–Crippen LogP) is 3.00. The highest BCUT2D eigenvalue weighted by molar-refractivity contribution is 7.77. The van der Waals surface area contributed by atoms with Crippen molar-refractivity contribution in [2.45, 2.75) is 12.8 Å². The van der Waals surface area contributed by atoms with Gasteiger partial charge in [0.2, 0.25) is 0 Å². The maximum Gasteiger partial charge on any atom is 0.265 e. The molecule has 4 heterocycles. The van der Waals surface area contributed by atoms with Crippen LogP contribution in [0.25, 0.3) is 0 Å². The zero-order valence-electron chi connectivity index (χ0n) is 36.8. The highest BCUT2D eigenvalue weighted by Crippen LogP contribution is 2.28. The van der Waals surface area contributed by atoms with Crippen LogP contribution in [0.15, 0.2) is 0 Å². The Balaban J connectivity index is 1.17. The summed E-state index contributed by atoms with van der Waals surface area (Å²) in [5, 5.41) is 9.16. The van der Waals surface area contributed by atoms with Crippen LogP contribution in [0.1, 0.15) is 51.5 Å². The molecular formula is C40H63N5O14S6. The van der Waals surface area contributed by atoms with Crippen LogP contribution in [-0.2, 0) is 47.4 Å². The Bertz CT molecular complexity index is 1620. The van der Waals surface area contributed by atoms with Crippen LogP contribution in [0, 0.1) is 6.28 Å². The molecule has 0 aliphatic carbocycles. The fourth-order valence-electron chi connectivity index (χ4n) is 5.84. The minimum atomic E-state index is -0.358. The molecule has 4 amide bonds. The molecular weight excluding hydrogens is 967 g/mol. The van der Waals surface area contributed by atoms with E-state index in [1.165, 1.54) is 0 Å². The number of rotatable bonds is 12. The van der Waals surface area contributed by atoms with Crippen molar-refractivity contribution in [3.05, 3.63) is 25.8 Å². The first-order valence-electron chi connectivity index (χ1n) is 21.8. The fourth-order valence-corrected chi connectivity index (χ4v) is 10.8. The Kier molecular flexibility index (Phi) is 30.0. The third-order valence-corrected chi connectivity index (χ3v) is 14.4. The second kappa shape index (κ2) is 35.1. The van der Waals surface area contributed by atoms with Crippen LogP contribution < -0.4 is 16.0 Å². The summed E-state index contributed by atoms with van der Waals surface area (Å²) in [7, 11) is 0. The Morgan fingerprint density at radius 1 is 0.385 bits per heavy atom. The van der Waals surface area contributed by atoms with E-state index in [0.717, 1.165) is 45.3 Å². The standard InChI is InChI=1S/C40H63N5O14S6/c46-35(31-33(64-39(60)62-31)37(48)44-7-11-50-15-19-54-23-27-58-28-24-55-20-16-51-12-8-44)42-5-1-3-41-4-2-6-43-36(47)32-34(65-40(61)63-32)38(49)45-9-13-52-17-21-56-25-29-59-30-26-57-22-18-53-14-10-45/h41H,1-30H2,(H,42,46)(H,43,47). The average molecular weight is 1030 g/mol. The number of hydrogen-bond donors (Lipinski definition) is 3. The van der Waals surface area contributed by atoms with Crippen molar-refractivity contribution in [3.8, 4) is 0 Å². The highest BCUT2D eigenvalue weighted by atomic mass is 32.2. The van der Waals surface area contributed by atoms with Gasteiger partial charge < -0.3 is 73.1 Å². The molecule has 368 valence electrons. The van der Waals surface area contributed by atoms with Gasteiger partial charge >= 0.3 is 0 Å². The van der Waals surface area contributed by atoms with Gasteiger partial charge in [0.05, 0.1) is 132 Å². The van der Waals surface area contributed by atoms with E-state index >= 15 is 0 Å². The van der Waals surface area contributed by atoms with Crippen LogP contribution in [0.2, 0.25) is 0 Å². The van der Waals surface area contributed by atoms with Gasteiger partial charge in [0.15, 0.2) is 0 Å². The lowest BCUT2D eigenvalue weighted by molar-refractivity contribution is -0.0175. The molecule has 0 aromatic carbocycles. The molecule has 2 aromatic heterocycles. The van der Waals surface area contributed by atoms with Crippen LogP contribution >= 0.6 is 69.8 Å². The summed E-state index contributed by atoms with van der Waals surface area (Å²) < 4.78 is 56.8. The van der Waals surface area contributed by atoms with Gasteiger partial charge in [-0.3, -0.25) is 19.2 Å². The first kappa shape index (κ1) is 55.6. The molecule has 4 rings (SSSR count). The maximum absolute atomic E-state index is 13.8. The van der Waals surface area contributed by atoms with Crippen molar-refractivity contribution >= 4 is 93.4 Å². The summed E-state index contributed by atoms with van der Waals surface area (Å²) in [6.45, 7) is 11.1. The smallest absolute Gasteiger partial charge is 0.265 e. The quantitative estimate of drug-likeness (QED) is 0.207. The minimum Gasteiger partial charge on any atom is -0.377 e. The number of ether oxygens (including phenoxy) is 10. The van der Waals surface area contributed by atoms with Gasteiger partial charge in [-0.25, -0.2) is 0 Å². The van der Waals surface area contributed by atoms with Crippen molar-refractivity contribution in [3.63, 3.8) is 0 Å². The molecule has 0 atom stereocenters. The monoisotopic (exact) mass is 1030 g/mol. The number of carbonyl (C=O) groups is 4. The molecule has 19 nitrogen and oxygen atoms in total. The molecule has 65 heavy (non-hydrogen) atoms. The van der Waals surface area contributed by atoms with E-state index in [-0.39, 0.29) is 59.8 Å². The van der Waals surface area contributed by atoms with E-state index in [0.29, 0.717) is 187 Å². The molecule has 2 aliphatic heterocycles. The van der Waals surface area contributed by atoms with Crippen molar-refractivity contribution in [1.82, 2.24) is 25.8 Å². The second-order valence-corrected chi connectivity index (χ2v) is 20.4. The van der Waals surface area contributed by atoms with Crippen LogP contribution in [0.4, 0.5) is 0 Å². The Labute approximate surface area is 406 Å². The van der Waals surface area contributed by atoms with E-state index in [9.17, 15) is 19.2 Å². The summed E-state index contributed by atoms with van der Waals surface area (Å²) in [4.78, 5) is 58.5. The molecule has 0 bridgehead atoms. The lowest BCUT2D eigenvalue weighted by Crippen LogP contribution is -2.38. The molecule has 2 saturated heterocycles. The third-order valence-electron chi connectivity index (χ3n) is 9.16. The van der Waals surface area contributed by atoms with Gasteiger partial charge in [-0.05, 0) is 25.9 Å². The molecule has 2 aromatic rings. The topological polar surface area (TPSA) is 203 Å². The Hall–Kier alpha value is -2.02. The van der Waals surface area contributed by atoms with Gasteiger partial charge in [-0.1, -0.05) is 24.4 Å². The molecule has 25 heteroatoms. The zero-order chi connectivity index (χ0) is 46.2. The first-order chi connectivity index (χ1) is 31.8. The van der Waals surface area contributed by atoms with Crippen molar-refractivity contribution < 1.29 is 66.5 Å². The summed E-state index contributed by atoms with van der Waals surface area (Å²) in [5.41, 5.74) is 0. The lowest BCUT2D eigenvalue weighted by Gasteiger charge is -2.22. The summed E-state index contributed by atoms with van der Waals surface area (Å²) in [6.07, 6.45) is 1.26. The minimum absolute atomic E-state index is 0.282. The summed E-state index contributed by atoms with van der Waals surface area (Å²) >= 11 is 15.3. The number of nitrogens with one attached hydrogen (secondary N) is 3. The number of hydrogen-bond acceptors (Lipinski definition) is 21. The zero-order valence-corrected chi connectivity index (χ0v) is 41.7. The van der Waals surface area contributed by atoms with Crippen molar-refractivity contribution in [2.24, 2.45) is 0 Å². The van der Waals surface area contributed by atoms with E-state index < -0.39 is 0 Å². The predicted molar refractivity (Wildman–Crippen MR) is 253 cm³/mol. The number of nitrogens with zero attached hydrogens (tertiary/aromatic N) is 2. The molecule has 0 saturated carbocycles. The Morgan fingerprint density at radius 2 is 0.631 bits per heavy atom. The molecule has 0 unspecified atom stereocenters. The molecule has 0 radical (unpaired) electrons. The highest BCUT2D eigenvalue weighted by Gasteiger charge is 2.27. The summed E-state index contributed by atoms with van der Waals surface area (Å²) in [6, 6.07) is 0. The van der Waals surface area contributed by atoms with Crippen LogP contribution in [-0.4, -0.2) is 218 Å². The number of amides is 4. The normalized spacial score (nSPS) is 18.6. The largest absolute Gasteiger partial charge is 0.377 e. The van der Waals surface area contributed by atoms with E-state index in [2.05, 4.69) is 16.0 Å². The average Bonchev–Trinajstić information content (AvgIpc) is 3.90. The lowest BCUT2D eigenvalue weighted by atomic mass is 10.3. The second-order valence-electron chi connectivity index (χ2n) is 13.9. The van der Waals surface area contributed by atoms with Crippen molar-refractivity contribution in [2.75, 3.05) is 184 Å². The van der Waals surface area contributed by atoms with Gasteiger partial charge in [-0.15, -0.1) is 45.3 Å². The van der Waals surface area contributed by atoms with Gasteiger partial charge in [-0.2, -0.15) is 0 Å². The SMILES string of the molecule is O=C(NCCCNCCCNC(=O)c1sc(=S)sc1C(=O)N1CCOCCOCCOCCOCCOCC1)c1sc(=S)sc1C(=O)N1CCOCCOCCOCCOCCOCC1. The molecule has 2 aliphatic rings. The molecule has 2 fully saturated rings. The van der Waals surface area contributed by atoms with Gasteiger partial charge in [0.25, 0.3) is 23.6 Å². The first-order valence-corrected chi connectivity index (χ1v) is 25.8. The molecule has 3 N–H and O–H groups in total. The number of carbonyl (C=O) groups excluding carboxylic acids is 4. The van der Waals surface area contributed by atoms with E-state index in [1.54, 1.807) is 9.80 Å². The third kappa shape index (κ3) is 23.2. The summed E-state index contributed by atoms with van der Waals surface area (Å²) in [5.74, 6) is -1.33.